The van der Waals surface area contributed by atoms with Crippen molar-refractivity contribution in [1.29, 1.82) is 0 Å². The van der Waals surface area contributed by atoms with Gasteiger partial charge in [0.1, 0.15) is 0 Å². The third-order valence-electron chi connectivity index (χ3n) is 2.50. The zero-order valence-corrected chi connectivity index (χ0v) is 10.6. The largest absolute Gasteiger partial charge is 0.490 e. The van der Waals surface area contributed by atoms with Gasteiger partial charge in [0.2, 0.25) is 5.91 Å². The summed E-state index contributed by atoms with van der Waals surface area (Å²) in [5.74, 6) is -0.424. The Balaban J connectivity index is 2.47. The lowest BCUT2D eigenvalue weighted by molar-refractivity contribution is -0.128. The van der Waals surface area contributed by atoms with E-state index in [1.165, 1.54) is 17.0 Å². The number of para-hydroxylation sites is 1. The van der Waals surface area contributed by atoms with Crippen LogP contribution in [0, 0.1) is 5.82 Å². The van der Waals surface area contributed by atoms with Gasteiger partial charge in [-0.2, -0.15) is 0 Å². The molecule has 0 aliphatic heterocycles. The topological polar surface area (TPSA) is 49.8 Å². The number of carbonyl (C=O) groups excluding carboxylic acids is 1. The molecule has 1 aromatic carbocycles. The van der Waals surface area contributed by atoms with Gasteiger partial charge in [-0.05, 0) is 12.5 Å². The molecule has 5 heteroatoms. The van der Waals surface area contributed by atoms with Crippen LogP contribution in [-0.2, 0) is 11.4 Å². The maximum absolute atomic E-state index is 13.4. The molecule has 0 fully saturated rings. The average Bonchev–Trinajstić information content (AvgIpc) is 2.35. The van der Waals surface area contributed by atoms with Crippen molar-refractivity contribution in [1.82, 2.24) is 4.90 Å². The number of ether oxygens (including phenoxy) is 1. The van der Waals surface area contributed by atoms with Crippen molar-refractivity contribution < 1.29 is 19.0 Å². The van der Waals surface area contributed by atoms with Crippen molar-refractivity contribution in [2.45, 2.75) is 19.4 Å². The molecule has 0 spiro atoms. The van der Waals surface area contributed by atoms with Gasteiger partial charge in [-0.15, -0.1) is 0 Å². The fourth-order valence-corrected chi connectivity index (χ4v) is 1.46. The monoisotopic (exact) mass is 255 g/mol. The first-order valence-corrected chi connectivity index (χ1v) is 5.77. The molecule has 18 heavy (non-hydrogen) atoms. The van der Waals surface area contributed by atoms with Crippen molar-refractivity contribution in [3.8, 4) is 5.75 Å². The molecule has 1 aromatic rings. The first-order valence-electron chi connectivity index (χ1n) is 5.77. The molecule has 0 aliphatic carbocycles. The molecule has 100 valence electrons. The van der Waals surface area contributed by atoms with E-state index in [1.807, 2.05) is 0 Å². The van der Waals surface area contributed by atoms with E-state index in [9.17, 15) is 9.18 Å². The summed E-state index contributed by atoms with van der Waals surface area (Å²) in [4.78, 5) is 12.8. The van der Waals surface area contributed by atoms with Crippen LogP contribution < -0.4 is 4.74 Å². The van der Waals surface area contributed by atoms with Gasteiger partial charge in [-0.25, -0.2) is 4.39 Å². The molecule has 1 N–H and O–H groups in total. The van der Waals surface area contributed by atoms with Gasteiger partial charge in [0.15, 0.2) is 11.6 Å². The number of rotatable bonds is 6. The van der Waals surface area contributed by atoms with Crippen LogP contribution >= 0.6 is 0 Å². The zero-order chi connectivity index (χ0) is 13.5. The van der Waals surface area contributed by atoms with Crippen LogP contribution in [-0.4, -0.2) is 36.6 Å². The second kappa shape index (κ2) is 6.96. The van der Waals surface area contributed by atoms with E-state index in [1.54, 1.807) is 20.2 Å². The Bertz CT molecular complexity index is 407. The van der Waals surface area contributed by atoms with E-state index >= 15 is 0 Å². The van der Waals surface area contributed by atoms with E-state index in [0.29, 0.717) is 18.4 Å². The van der Waals surface area contributed by atoms with Crippen molar-refractivity contribution in [2.75, 3.05) is 20.7 Å². The number of carbonyl (C=O) groups is 1. The number of aliphatic hydroxyl groups excluding tert-OH is 1. The minimum atomic E-state index is -0.500. The molecule has 1 amide bonds. The molecule has 0 radical (unpaired) electrons. The maximum atomic E-state index is 13.4. The minimum Gasteiger partial charge on any atom is -0.490 e. The summed E-state index contributed by atoms with van der Waals surface area (Å²) in [7, 11) is 3.37. The Morgan fingerprint density at radius 1 is 1.44 bits per heavy atom. The third kappa shape index (κ3) is 4.00. The molecule has 4 nitrogen and oxygen atoms in total. The van der Waals surface area contributed by atoms with Gasteiger partial charge in [-0.1, -0.05) is 12.1 Å². The van der Waals surface area contributed by atoms with Crippen LogP contribution in [0.3, 0.4) is 0 Å². The molecule has 0 unspecified atom stereocenters. The molecule has 0 saturated carbocycles. The molecule has 0 bridgehead atoms. The van der Waals surface area contributed by atoms with Crippen molar-refractivity contribution in [3.05, 3.63) is 29.6 Å². The molecular weight excluding hydrogens is 237 g/mol. The molecular formula is C13H18FNO3. The molecule has 0 heterocycles. The number of hydrogen-bond donors (Lipinski definition) is 1. The number of amides is 1. The van der Waals surface area contributed by atoms with Crippen LogP contribution in [0.5, 0.6) is 5.75 Å². The first-order chi connectivity index (χ1) is 8.56. The molecule has 0 aliphatic rings. The third-order valence-corrected chi connectivity index (χ3v) is 2.50. The molecule has 0 atom stereocenters. The Morgan fingerprint density at radius 2 is 2.17 bits per heavy atom. The van der Waals surface area contributed by atoms with Gasteiger partial charge >= 0.3 is 0 Å². The number of aliphatic hydroxyl groups is 1. The predicted octanol–water partition coefficient (Wildman–Crippen LogP) is 1.57. The molecule has 0 saturated heterocycles. The highest BCUT2D eigenvalue weighted by molar-refractivity contribution is 5.75. The highest BCUT2D eigenvalue weighted by atomic mass is 19.1. The van der Waals surface area contributed by atoms with E-state index in [0.717, 1.165) is 0 Å². The summed E-state index contributed by atoms with van der Waals surface area (Å²) in [5.41, 5.74) is 0.411. The zero-order valence-electron chi connectivity index (χ0n) is 10.6. The normalized spacial score (nSPS) is 10.2. The Kier molecular flexibility index (Phi) is 5.58. The fraction of sp³-hybridized carbons (Fsp3) is 0.462. The Labute approximate surface area is 106 Å². The standard InChI is InChI=1S/C13H18FNO3/c1-15(2)12(17)7-4-8-18-13-10(9-16)5-3-6-11(13)14/h3,5-6,16H,4,7-9H2,1-2H3. The maximum Gasteiger partial charge on any atom is 0.222 e. The lowest BCUT2D eigenvalue weighted by Gasteiger charge is -2.12. The van der Waals surface area contributed by atoms with Crippen LogP contribution in [0.25, 0.3) is 0 Å². The van der Waals surface area contributed by atoms with E-state index in [-0.39, 0.29) is 24.9 Å². The highest BCUT2D eigenvalue weighted by Gasteiger charge is 2.09. The van der Waals surface area contributed by atoms with E-state index in [2.05, 4.69) is 0 Å². The van der Waals surface area contributed by atoms with E-state index < -0.39 is 5.82 Å². The Morgan fingerprint density at radius 3 is 2.78 bits per heavy atom. The number of hydrogen-bond acceptors (Lipinski definition) is 3. The van der Waals surface area contributed by atoms with Crippen molar-refractivity contribution in [3.63, 3.8) is 0 Å². The smallest absolute Gasteiger partial charge is 0.222 e. The van der Waals surface area contributed by atoms with Crippen LogP contribution in [0.1, 0.15) is 18.4 Å². The Hall–Kier alpha value is -1.62. The molecule has 0 aromatic heterocycles. The van der Waals surface area contributed by atoms with Gasteiger partial charge in [0.25, 0.3) is 0 Å². The van der Waals surface area contributed by atoms with Gasteiger partial charge in [0, 0.05) is 26.1 Å². The molecule has 1 rings (SSSR count). The summed E-state index contributed by atoms with van der Waals surface area (Å²) in [6, 6.07) is 4.40. The van der Waals surface area contributed by atoms with E-state index in [4.69, 9.17) is 9.84 Å². The fourth-order valence-electron chi connectivity index (χ4n) is 1.46. The summed E-state index contributed by atoms with van der Waals surface area (Å²) in [5, 5.41) is 9.05. The number of halogens is 1. The second-order valence-corrected chi connectivity index (χ2v) is 4.13. The van der Waals surface area contributed by atoms with Crippen LogP contribution in [0.15, 0.2) is 18.2 Å². The van der Waals surface area contributed by atoms with Gasteiger partial charge in [0.05, 0.1) is 13.2 Å². The van der Waals surface area contributed by atoms with Gasteiger partial charge < -0.3 is 14.7 Å². The van der Waals surface area contributed by atoms with Crippen LogP contribution in [0.2, 0.25) is 0 Å². The van der Waals surface area contributed by atoms with Crippen molar-refractivity contribution >= 4 is 5.91 Å². The summed E-state index contributed by atoms with van der Waals surface area (Å²) < 4.78 is 18.7. The SMILES string of the molecule is CN(C)C(=O)CCCOc1c(F)cccc1CO. The minimum absolute atomic E-state index is 0.00881. The summed E-state index contributed by atoms with van der Waals surface area (Å²) in [6.45, 7) is -0.0305. The predicted molar refractivity (Wildman–Crippen MR) is 65.7 cm³/mol. The lowest BCUT2D eigenvalue weighted by Crippen LogP contribution is -2.21. The number of benzene rings is 1. The highest BCUT2D eigenvalue weighted by Crippen LogP contribution is 2.22. The number of nitrogens with zero attached hydrogens (tertiary/aromatic N) is 1. The van der Waals surface area contributed by atoms with Crippen molar-refractivity contribution in [2.24, 2.45) is 0 Å². The quantitative estimate of drug-likeness (QED) is 0.785. The second-order valence-electron chi connectivity index (χ2n) is 4.13. The summed E-state index contributed by atoms with van der Waals surface area (Å²) >= 11 is 0. The first kappa shape index (κ1) is 14.4. The average molecular weight is 255 g/mol. The van der Waals surface area contributed by atoms with Crippen LogP contribution in [0.4, 0.5) is 4.39 Å². The lowest BCUT2D eigenvalue weighted by atomic mass is 10.2. The summed E-state index contributed by atoms with van der Waals surface area (Å²) in [6.07, 6.45) is 0.867. The van der Waals surface area contributed by atoms with Gasteiger partial charge in [-0.3, -0.25) is 4.79 Å².